The highest BCUT2D eigenvalue weighted by molar-refractivity contribution is 7.99. The zero-order chi connectivity index (χ0) is 20.6. The van der Waals surface area contributed by atoms with Gasteiger partial charge in [-0.15, -0.1) is 11.8 Å². The maximum absolute atomic E-state index is 12.9. The van der Waals surface area contributed by atoms with E-state index in [-0.39, 0.29) is 23.7 Å². The van der Waals surface area contributed by atoms with Crippen LogP contribution in [0.2, 0.25) is 0 Å². The molecule has 0 aliphatic carbocycles. The van der Waals surface area contributed by atoms with E-state index < -0.39 is 0 Å². The third kappa shape index (κ3) is 5.99. The number of rotatable bonds is 8. The van der Waals surface area contributed by atoms with Gasteiger partial charge in [-0.25, -0.2) is 9.37 Å². The average molecular weight is 412 g/mol. The van der Waals surface area contributed by atoms with Crippen molar-refractivity contribution < 1.29 is 9.18 Å². The molecular formula is C21H21FN4O2S. The minimum atomic E-state index is -0.321. The lowest BCUT2D eigenvalue weighted by molar-refractivity contribution is -0.120. The van der Waals surface area contributed by atoms with Crippen molar-refractivity contribution >= 4 is 17.7 Å². The smallest absolute Gasteiger partial charge is 0.255 e. The van der Waals surface area contributed by atoms with Crippen molar-refractivity contribution in [1.82, 2.24) is 20.3 Å². The van der Waals surface area contributed by atoms with E-state index >= 15 is 0 Å². The van der Waals surface area contributed by atoms with Gasteiger partial charge in [0.15, 0.2) is 0 Å². The molecule has 0 saturated heterocycles. The molecule has 0 unspecified atom stereocenters. The normalized spacial score (nSPS) is 10.7. The van der Waals surface area contributed by atoms with Gasteiger partial charge >= 0.3 is 0 Å². The SMILES string of the molecule is Cc1nc(-c2cccnc2)[nH]c(=O)c1CC(=O)NCCCSc1ccc(F)cc1. The lowest BCUT2D eigenvalue weighted by Gasteiger charge is -2.08. The van der Waals surface area contributed by atoms with Gasteiger partial charge < -0.3 is 10.3 Å². The molecule has 0 aliphatic heterocycles. The lowest BCUT2D eigenvalue weighted by Crippen LogP contribution is -2.30. The van der Waals surface area contributed by atoms with Crippen LogP contribution in [0.25, 0.3) is 11.4 Å². The number of nitrogens with zero attached hydrogens (tertiary/aromatic N) is 2. The Balaban J connectivity index is 1.49. The summed E-state index contributed by atoms with van der Waals surface area (Å²) >= 11 is 1.60. The third-order valence-electron chi connectivity index (χ3n) is 4.22. The molecule has 2 aromatic heterocycles. The van der Waals surface area contributed by atoms with E-state index in [1.807, 2.05) is 0 Å². The molecule has 150 valence electrons. The highest BCUT2D eigenvalue weighted by atomic mass is 32.2. The van der Waals surface area contributed by atoms with E-state index in [1.165, 1.54) is 12.1 Å². The van der Waals surface area contributed by atoms with E-state index in [0.717, 1.165) is 17.1 Å². The monoisotopic (exact) mass is 412 g/mol. The van der Waals surface area contributed by atoms with Crippen LogP contribution in [0.1, 0.15) is 17.7 Å². The van der Waals surface area contributed by atoms with Crippen molar-refractivity contribution in [1.29, 1.82) is 0 Å². The largest absolute Gasteiger partial charge is 0.356 e. The second-order valence-electron chi connectivity index (χ2n) is 6.40. The number of aryl methyl sites for hydroxylation is 1. The van der Waals surface area contributed by atoms with Crippen LogP contribution in [-0.2, 0) is 11.2 Å². The molecule has 1 amide bonds. The summed E-state index contributed by atoms with van der Waals surface area (Å²) in [5.74, 6) is 0.756. The molecule has 0 aliphatic rings. The lowest BCUT2D eigenvalue weighted by atomic mass is 10.1. The third-order valence-corrected chi connectivity index (χ3v) is 5.32. The molecular weight excluding hydrogens is 391 g/mol. The number of H-pyrrole nitrogens is 1. The van der Waals surface area contributed by atoms with Gasteiger partial charge in [0.25, 0.3) is 5.56 Å². The molecule has 8 heteroatoms. The van der Waals surface area contributed by atoms with Crippen LogP contribution >= 0.6 is 11.8 Å². The van der Waals surface area contributed by atoms with Gasteiger partial charge in [-0.1, -0.05) is 0 Å². The Bertz CT molecular complexity index is 1020. The van der Waals surface area contributed by atoms with Crippen LogP contribution in [0.15, 0.2) is 58.5 Å². The van der Waals surface area contributed by atoms with Gasteiger partial charge in [0, 0.05) is 40.7 Å². The molecule has 0 fully saturated rings. The van der Waals surface area contributed by atoms with Gasteiger partial charge in [-0.3, -0.25) is 14.6 Å². The molecule has 2 heterocycles. The maximum Gasteiger partial charge on any atom is 0.255 e. The summed E-state index contributed by atoms with van der Waals surface area (Å²) in [7, 11) is 0. The van der Waals surface area contributed by atoms with Gasteiger partial charge in [0.1, 0.15) is 11.6 Å². The Hall–Kier alpha value is -3.00. The molecule has 0 bridgehead atoms. The number of hydrogen-bond acceptors (Lipinski definition) is 5. The number of aromatic amines is 1. The van der Waals surface area contributed by atoms with Crippen molar-refractivity contribution in [2.45, 2.75) is 24.7 Å². The number of thioether (sulfide) groups is 1. The first-order valence-electron chi connectivity index (χ1n) is 9.18. The standard InChI is InChI=1S/C21H21FN4O2S/c1-14-18(21(28)26-20(25-14)15-4-2-9-23-13-15)12-19(27)24-10-3-11-29-17-7-5-16(22)6-8-17/h2,4-9,13H,3,10-12H2,1H3,(H,24,27)(H,25,26,28). The van der Waals surface area contributed by atoms with Gasteiger partial charge in [-0.05, 0) is 55.5 Å². The van der Waals surface area contributed by atoms with Gasteiger partial charge in [0.2, 0.25) is 5.91 Å². The molecule has 1 aromatic carbocycles. The second-order valence-corrected chi connectivity index (χ2v) is 7.57. The summed E-state index contributed by atoms with van der Waals surface area (Å²) in [5, 5.41) is 2.82. The first kappa shape index (κ1) is 20.7. The summed E-state index contributed by atoms with van der Waals surface area (Å²) in [6.45, 7) is 2.22. The number of carbonyl (C=O) groups is 1. The highest BCUT2D eigenvalue weighted by Gasteiger charge is 2.13. The molecule has 29 heavy (non-hydrogen) atoms. The number of amides is 1. The van der Waals surface area contributed by atoms with Crippen molar-refractivity contribution in [3.63, 3.8) is 0 Å². The Morgan fingerprint density at radius 1 is 1.24 bits per heavy atom. The van der Waals surface area contributed by atoms with Crippen molar-refractivity contribution in [2.24, 2.45) is 0 Å². The Morgan fingerprint density at radius 2 is 2.03 bits per heavy atom. The predicted octanol–water partition coefficient (Wildman–Crippen LogP) is 3.12. The number of halogens is 1. The van der Waals surface area contributed by atoms with Crippen LogP contribution in [0, 0.1) is 12.7 Å². The van der Waals surface area contributed by atoms with E-state index in [0.29, 0.717) is 29.2 Å². The van der Waals surface area contributed by atoms with E-state index in [1.54, 1.807) is 55.3 Å². The number of aromatic nitrogens is 3. The maximum atomic E-state index is 12.9. The summed E-state index contributed by atoms with van der Waals surface area (Å²) < 4.78 is 12.9. The highest BCUT2D eigenvalue weighted by Crippen LogP contribution is 2.18. The fourth-order valence-corrected chi connectivity index (χ4v) is 3.55. The van der Waals surface area contributed by atoms with Crippen LogP contribution in [-0.4, -0.2) is 33.2 Å². The van der Waals surface area contributed by atoms with E-state index in [9.17, 15) is 14.0 Å². The summed E-state index contributed by atoms with van der Waals surface area (Å²) in [6.07, 6.45) is 4.01. The van der Waals surface area contributed by atoms with Crippen LogP contribution in [0.4, 0.5) is 4.39 Å². The Morgan fingerprint density at radius 3 is 2.72 bits per heavy atom. The zero-order valence-electron chi connectivity index (χ0n) is 15.9. The quantitative estimate of drug-likeness (QED) is 0.438. The molecule has 6 nitrogen and oxygen atoms in total. The number of benzene rings is 1. The fourth-order valence-electron chi connectivity index (χ4n) is 2.70. The van der Waals surface area contributed by atoms with Gasteiger partial charge in [-0.2, -0.15) is 0 Å². The van der Waals surface area contributed by atoms with Crippen molar-refractivity contribution in [3.8, 4) is 11.4 Å². The summed E-state index contributed by atoms with van der Waals surface area (Å²) in [6, 6.07) is 9.89. The number of carbonyl (C=O) groups excluding carboxylic acids is 1. The predicted molar refractivity (Wildman–Crippen MR) is 111 cm³/mol. The molecule has 0 radical (unpaired) electrons. The first-order chi connectivity index (χ1) is 14.0. The fraction of sp³-hybridized carbons (Fsp3) is 0.238. The molecule has 3 rings (SSSR count). The van der Waals surface area contributed by atoms with Crippen LogP contribution in [0.3, 0.4) is 0 Å². The van der Waals surface area contributed by atoms with Crippen LogP contribution < -0.4 is 10.9 Å². The first-order valence-corrected chi connectivity index (χ1v) is 10.2. The van der Waals surface area contributed by atoms with Crippen molar-refractivity contribution in [3.05, 3.63) is 76.2 Å². The molecule has 2 N–H and O–H groups in total. The van der Waals surface area contributed by atoms with Crippen molar-refractivity contribution in [2.75, 3.05) is 12.3 Å². The zero-order valence-corrected chi connectivity index (χ0v) is 16.8. The van der Waals surface area contributed by atoms with Crippen LogP contribution in [0.5, 0.6) is 0 Å². The summed E-state index contributed by atoms with van der Waals surface area (Å²) in [4.78, 5) is 36.7. The van der Waals surface area contributed by atoms with Gasteiger partial charge in [0.05, 0.1) is 6.42 Å². The minimum Gasteiger partial charge on any atom is -0.356 e. The average Bonchev–Trinajstić information content (AvgIpc) is 2.72. The number of nitrogens with one attached hydrogen (secondary N) is 2. The molecule has 0 atom stereocenters. The molecule has 0 spiro atoms. The topological polar surface area (TPSA) is 87.7 Å². The molecule has 3 aromatic rings. The second kappa shape index (κ2) is 9.97. The Kier molecular flexibility index (Phi) is 7.13. The minimum absolute atomic E-state index is 0.0212. The Labute approximate surface area is 172 Å². The van der Waals surface area contributed by atoms with E-state index in [4.69, 9.17) is 0 Å². The summed E-state index contributed by atoms with van der Waals surface area (Å²) in [5.41, 5.74) is 1.27. The van der Waals surface area contributed by atoms with E-state index in [2.05, 4.69) is 20.3 Å². The molecule has 0 saturated carbocycles. The number of hydrogen-bond donors (Lipinski definition) is 2. The number of pyridine rings is 1.